The maximum Gasteiger partial charge on any atom is 0.120 e. The van der Waals surface area contributed by atoms with E-state index in [4.69, 9.17) is 0 Å². The van der Waals surface area contributed by atoms with Gasteiger partial charge in [-0.25, -0.2) is 4.79 Å². The van der Waals surface area contributed by atoms with E-state index in [1.54, 1.807) is 6.08 Å². The van der Waals surface area contributed by atoms with Crippen molar-refractivity contribution < 1.29 is 9.90 Å². The summed E-state index contributed by atoms with van der Waals surface area (Å²) in [4.78, 5) is 9.96. The molecule has 1 N–H and O–H groups in total. The third kappa shape index (κ3) is 11.9. The number of hydrogen-bond acceptors (Lipinski definition) is 2. The standard InChI is InChI=1S/C16H30O2/c1-2-3-4-9-12-16(15-18)13-10-7-5-6-8-11-14-17/h11,16,18H,2-10,12-13,15H2,1H3. The second-order valence-electron chi connectivity index (χ2n) is 5.21. The molecule has 1 atom stereocenters. The van der Waals surface area contributed by atoms with Crippen LogP contribution in [0.4, 0.5) is 0 Å². The Balaban J connectivity index is 3.35. The van der Waals surface area contributed by atoms with Crippen LogP contribution in [-0.4, -0.2) is 17.7 Å². The van der Waals surface area contributed by atoms with Crippen molar-refractivity contribution in [3.63, 3.8) is 0 Å². The molecule has 0 spiro atoms. The Bertz CT molecular complexity index is 207. The zero-order valence-corrected chi connectivity index (χ0v) is 12.0. The Kier molecular flexibility index (Phi) is 14.0. The number of hydrogen-bond donors (Lipinski definition) is 1. The van der Waals surface area contributed by atoms with Crippen LogP contribution >= 0.6 is 0 Å². The predicted octanol–water partition coefficient (Wildman–Crippen LogP) is 4.29. The Labute approximate surface area is 112 Å². The fourth-order valence-electron chi connectivity index (χ4n) is 2.28. The summed E-state index contributed by atoms with van der Waals surface area (Å²) in [6.45, 7) is 2.57. The first-order chi connectivity index (χ1) is 8.85. The molecule has 0 saturated heterocycles. The van der Waals surface area contributed by atoms with Gasteiger partial charge < -0.3 is 5.11 Å². The summed E-state index contributed by atoms with van der Waals surface area (Å²) in [6, 6.07) is 0. The molecule has 0 aromatic heterocycles. The molecule has 0 amide bonds. The lowest BCUT2D eigenvalue weighted by Crippen LogP contribution is -2.06. The van der Waals surface area contributed by atoms with Crippen molar-refractivity contribution in [2.24, 2.45) is 5.92 Å². The van der Waals surface area contributed by atoms with Gasteiger partial charge in [0, 0.05) is 6.61 Å². The van der Waals surface area contributed by atoms with Gasteiger partial charge in [-0.2, -0.15) is 0 Å². The van der Waals surface area contributed by atoms with Gasteiger partial charge >= 0.3 is 0 Å². The highest BCUT2D eigenvalue weighted by Crippen LogP contribution is 2.18. The fourth-order valence-corrected chi connectivity index (χ4v) is 2.28. The molecule has 0 aliphatic carbocycles. The van der Waals surface area contributed by atoms with Crippen molar-refractivity contribution in [3.8, 4) is 0 Å². The van der Waals surface area contributed by atoms with Gasteiger partial charge in [0.15, 0.2) is 0 Å². The van der Waals surface area contributed by atoms with Gasteiger partial charge in [0.2, 0.25) is 0 Å². The normalized spacial score (nSPS) is 12.1. The maximum atomic E-state index is 9.96. The van der Waals surface area contributed by atoms with E-state index in [9.17, 15) is 9.90 Å². The fraction of sp³-hybridized carbons (Fsp3) is 0.875. The first-order valence-electron chi connectivity index (χ1n) is 7.65. The van der Waals surface area contributed by atoms with E-state index in [0.717, 1.165) is 19.3 Å². The highest BCUT2D eigenvalue weighted by molar-refractivity contribution is 5.44. The van der Waals surface area contributed by atoms with Crippen molar-refractivity contribution in [2.45, 2.75) is 77.6 Å². The molecule has 0 fully saturated rings. The molecule has 106 valence electrons. The predicted molar refractivity (Wildman–Crippen MR) is 77.3 cm³/mol. The Morgan fingerprint density at radius 2 is 1.61 bits per heavy atom. The second-order valence-corrected chi connectivity index (χ2v) is 5.21. The van der Waals surface area contributed by atoms with Gasteiger partial charge in [0.1, 0.15) is 5.94 Å². The lowest BCUT2D eigenvalue weighted by atomic mass is 9.95. The highest BCUT2D eigenvalue weighted by Gasteiger charge is 2.06. The smallest absolute Gasteiger partial charge is 0.120 e. The zero-order chi connectivity index (χ0) is 13.5. The molecule has 1 unspecified atom stereocenters. The zero-order valence-electron chi connectivity index (χ0n) is 12.0. The van der Waals surface area contributed by atoms with Crippen molar-refractivity contribution >= 4 is 5.94 Å². The van der Waals surface area contributed by atoms with E-state index in [2.05, 4.69) is 6.92 Å². The van der Waals surface area contributed by atoms with Crippen LogP contribution in [0.1, 0.15) is 77.6 Å². The number of aliphatic hydroxyl groups excluding tert-OH is 1. The first-order valence-corrected chi connectivity index (χ1v) is 7.65. The molecule has 0 heterocycles. The molecule has 0 saturated carbocycles. The molecule has 0 aromatic carbocycles. The first kappa shape index (κ1) is 17.4. The molecule has 18 heavy (non-hydrogen) atoms. The molecule has 2 nitrogen and oxygen atoms in total. The van der Waals surface area contributed by atoms with Crippen molar-refractivity contribution in [1.82, 2.24) is 0 Å². The van der Waals surface area contributed by atoms with Gasteiger partial charge in [-0.05, 0) is 37.7 Å². The number of allylic oxidation sites excluding steroid dienone is 1. The lowest BCUT2D eigenvalue weighted by Gasteiger charge is -2.13. The van der Waals surface area contributed by atoms with Crippen molar-refractivity contribution in [3.05, 3.63) is 6.08 Å². The van der Waals surface area contributed by atoms with Gasteiger partial charge in [-0.3, -0.25) is 0 Å². The number of rotatable bonds is 13. The third-order valence-corrected chi connectivity index (χ3v) is 3.52. The molecule has 0 aliphatic rings. The summed E-state index contributed by atoms with van der Waals surface area (Å²) in [6.07, 6.45) is 14.7. The monoisotopic (exact) mass is 254 g/mol. The van der Waals surface area contributed by atoms with Gasteiger partial charge in [0.05, 0.1) is 0 Å². The Hall–Kier alpha value is -0.590. The van der Waals surface area contributed by atoms with Crippen LogP contribution in [0.5, 0.6) is 0 Å². The quantitative estimate of drug-likeness (QED) is 0.393. The SMILES string of the molecule is CCCCCCC(CO)CCCCCCC=C=O. The van der Waals surface area contributed by atoms with Gasteiger partial charge in [0.25, 0.3) is 0 Å². The van der Waals surface area contributed by atoms with Crippen molar-refractivity contribution in [1.29, 1.82) is 0 Å². The minimum Gasteiger partial charge on any atom is -0.396 e. The minimum absolute atomic E-state index is 0.347. The second kappa shape index (κ2) is 14.5. The maximum absolute atomic E-state index is 9.96. The van der Waals surface area contributed by atoms with Crippen LogP contribution in [0.15, 0.2) is 6.08 Å². The molecule has 0 radical (unpaired) electrons. The molecular formula is C16H30O2. The van der Waals surface area contributed by atoms with E-state index in [1.807, 2.05) is 5.94 Å². The minimum atomic E-state index is 0.347. The van der Waals surface area contributed by atoms with Crippen LogP contribution in [0.2, 0.25) is 0 Å². The summed E-state index contributed by atoms with van der Waals surface area (Å²) in [5.41, 5.74) is 0. The van der Waals surface area contributed by atoms with Crippen LogP contribution in [0, 0.1) is 5.92 Å². The average Bonchev–Trinajstić information content (AvgIpc) is 2.40. The Morgan fingerprint density at radius 1 is 1.00 bits per heavy atom. The van der Waals surface area contributed by atoms with E-state index in [-0.39, 0.29) is 0 Å². The Morgan fingerprint density at radius 3 is 2.17 bits per heavy atom. The van der Waals surface area contributed by atoms with E-state index >= 15 is 0 Å². The topological polar surface area (TPSA) is 37.3 Å². The van der Waals surface area contributed by atoms with Crippen LogP contribution in [0.25, 0.3) is 0 Å². The lowest BCUT2D eigenvalue weighted by molar-refractivity contribution is 0.204. The molecular weight excluding hydrogens is 224 g/mol. The largest absolute Gasteiger partial charge is 0.396 e. The van der Waals surface area contributed by atoms with Gasteiger partial charge in [-0.15, -0.1) is 0 Å². The molecule has 0 aliphatic heterocycles. The summed E-state index contributed by atoms with van der Waals surface area (Å²) in [5.74, 6) is 2.32. The van der Waals surface area contributed by atoms with E-state index in [0.29, 0.717) is 12.5 Å². The summed E-state index contributed by atoms with van der Waals surface area (Å²) >= 11 is 0. The summed E-state index contributed by atoms with van der Waals surface area (Å²) in [7, 11) is 0. The van der Waals surface area contributed by atoms with Crippen LogP contribution in [-0.2, 0) is 4.79 Å². The molecule has 0 rings (SSSR count). The number of aliphatic hydroxyl groups is 1. The van der Waals surface area contributed by atoms with E-state index in [1.165, 1.54) is 51.4 Å². The van der Waals surface area contributed by atoms with E-state index < -0.39 is 0 Å². The molecule has 2 heteroatoms. The van der Waals surface area contributed by atoms with Crippen LogP contribution < -0.4 is 0 Å². The molecule has 0 bridgehead atoms. The number of unbranched alkanes of at least 4 members (excludes halogenated alkanes) is 7. The summed E-state index contributed by atoms with van der Waals surface area (Å²) in [5, 5.41) is 9.31. The average molecular weight is 254 g/mol. The van der Waals surface area contributed by atoms with Crippen molar-refractivity contribution in [2.75, 3.05) is 6.61 Å². The number of carbonyl (C=O) groups excluding carboxylic acids is 1. The van der Waals surface area contributed by atoms with Gasteiger partial charge in [-0.1, -0.05) is 51.9 Å². The summed E-state index contributed by atoms with van der Waals surface area (Å²) < 4.78 is 0. The third-order valence-electron chi connectivity index (χ3n) is 3.52. The highest BCUT2D eigenvalue weighted by atomic mass is 16.3. The molecule has 0 aromatic rings. The van der Waals surface area contributed by atoms with Crippen LogP contribution in [0.3, 0.4) is 0 Å².